The molecule has 0 bridgehead atoms. The van der Waals surface area contributed by atoms with E-state index in [1.54, 1.807) is 12.1 Å². The number of nitro groups is 1. The fourth-order valence-corrected chi connectivity index (χ4v) is 1.89. The summed E-state index contributed by atoms with van der Waals surface area (Å²) in [6.45, 7) is 6.28. The van der Waals surface area contributed by atoms with Crippen LogP contribution in [0.15, 0.2) is 22.7 Å². The Kier molecular flexibility index (Phi) is 4.93. The zero-order valence-corrected chi connectivity index (χ0v) is 11.8. The molecule has 1 N–H and O–H groups in total. The van der Waals surface area contributed by atoms with Gasteiger partial charge in [-0.15, -0.1) is 0 Å². The van der Waals surface area contributed by atoms with Crippen LogP contribution in [0.4, 0.5) is 11.4 Å². The van der Waals surface area contributed by atoms with E-state index >= 15 is 0 Å². The van der Waals surface area contributed by atoms with E-state index in [9.17, 15) is 10.1 Å². The number of benzene rings is 1. The van der Waals surface area contributed by atoms with Gasteiger partial charge in [-0.3, -0.25) is 10.1 Å². The fraction of sp³-hybridized carbons (Fsp3) is 0.500. The van der Waals surface area contributed by atoms with Crippen molar-refractivity contribution in [3.8, 4) is 0 Å². The largest absolute Gasteiger partial charge is 0.377 e. The molecule has 0 radical (unpaired) electrons. The summed E-state index contributed by atoms with van der Waals surface area (Å²) in [5, 5.41) is 14.1. The van der Waals surface area contributed by atoms with Gasteiger partial charge in [0.15, 0.2) is 0 Å². The zero-order chi connectivity index (χ0) is 13.0. The number of hydrogen-bond acceptors (Lipinski definition) is 3. The molecule has 0 fully saturated rings. The van der Waals surface area contributed by atoms with Crippen molar-refractivity contribution in [2.24, 2.45) is 5.92 Å². The molecule has 17 heavy (non-hydrogen) atoms. The summed E-state index contributed by atoms with van der Waals surface area (Å²) in [5.74, 6) is 0.466. The molecule has 0 spiro atoms. The third-order valence-corrected chi connectivity index (χ3v) is 3.53. The topological polar surface area (TPSA) is 55.2 Å². The first-order valence-electron chi connectivity index (χ1n) is 5.66. The minimum absolute atomic E-state index is 0.114. The van der Waals surface area contributed by atoms with Crippen molar-refractivity contribution >= 4 is 27.3 Å². The van der Waals surface area contributed by atoms with Crippen molar-refractivity contribution in [1.29, 1.82) is 0 Å². The van der Waals surface area contributed by atoms with Crippen LogP contribution in [0, 0.1) is 16.0 Å². The molecule has 5 heteroatoms. The molecule has 0 aliphatic carbocycles. The van der Waals surface area contributed by atoms with E-state index in [-0.39, 0.29) is 16.7 Å². The molecule has 0 saturated heterocycles. The second kappa shape index (κ2) is 6.00. The lowest BCUT2D eigenvalue weighted by Gasteiger charge is -2.21. The van der Waals surface area contributed by atoms with Gasteiger partial charge in [0.2, 0.25) is 0 Å². The van der Waals surface area contributed by atoms with Crippen molar-refractivity contribution in [3.63, 3.8) is 0 Å². The molecule has 1 aromatic carbocycles. The SMILES string of the molecule is CCC(C)C(C)Nc1cc(Br)ccc1[N+](=O)[O-]. The molecular formula is C12H17BrN2O2. The van der Waals surface area contributed by atoms with Crippen LogP contribution in [-0.2, 0) is 0 Å². The van der Waals surface area contributed by atoms with Crippen LogP contribution in [0.3, 0.4) is 0 Å². The summed E-state index contributed by atoms with van der Waals surface area (Å²) < 4.78 is 0.835. The van der Waals surface area contributed by atoms with Crippen LogP contribution < -0.4 is 5.32 Å². The van der Waals surface area contributed by atoms with Crippen molar-refractivity contribution in [3.05, 3.63) is 32.8 Å². The minimum atomic E-state index is -0.363. The van der Waals surface area contributed by atoms with Gasteiger partial charge in [-0.1, -0.05) is 36.2 Å². The van der Waals surface area contributed by atoms with E-state index in [4.69, 9.17) is 0 Å². The standard InChI is InChI=1S/C12H17BrN2O2/c1-4-8(2)9(3)14-11-7-10(13)5-6-12(11)15(16)17/h5-9,14H,4H2,1-3H3. The zero-order valence-electron chi connectivity index (χ0n) is 10.2. The monoisotopic (exact) mass is 300 g/mol. The summed E-state index contributed by atoms with van der Waals surface area (Å²) in [7, 11) is 0. The summed E-state index contributed by atoms with van der Waals surface area (Å²) in [5.41, 5.74) is 0.681. The molecule has 2 unspecified atom stereocenters. The van der Waals surface area contributed by atoms with Crippen LogP contribution in [0.2, 0.25) is 0 Å². The van der Waals surface area contributed by atoms with Crippen LogP contribution in [-0.4, -0.2) is 11.0 Å². The lowest BCUT2D eigenvalue weighted by atomic mass is 10.0. The number of nitrogens with one attached hydrogen (secondary N) is 1. The van der Waals surface area contributed by atoms with Crippen LogP contribution >= 0.6 is 15.9 Å². The molecular weight excluding hydrogens is 284 g/mol. The number of halogens is 1. The van der Waals surface area contributed by atoms with E-state index in [1.807, 2.05) is 6.92 Å². The predicted octanol–water partition coefficient (Wildman–Crippen LogP) is 4.20. The Morgan fingerprint density at radius 1 is 1.47 bits per heavy atom. The van der Waals surface area contributed by atoms with Gasteiger partial charge in [-0.05, 0) is 25.0 Å². The average molecular weight is 301 g/mol. The Morgan fingerprint density at radius 2 is 2.12 bits per heavy atom. The quantitative estimate of drug-likeness (QED) is 0.655. The third kappa shape index (κ3) is 3.70. The molecule has 1 rings (SSSR count). The van der Waals surface area contributed by atoms with Crippen LogP contribution in [0.25, 0.3) is 0 Å². The molecule has 0 aromatic heterocycles. The minimum Gasteiger partial charge on any atom is -0.377 e. The van der Waals surface area contributed by atoms with Gasteiger partial charge in [-0.25, -0.2) is 0 Å². The van der Waals surface area contributed by atoms with Crippen molar-refractivity contribution in [2.45, 2.75) is 33.2 Å². The maximum absolute atomic E-state index is 10.9. The smallest absolute Gasteiger partial charge is 0.292 e. The average Bonchev–Trinajstić information content (AvgIpc) is 2.27. The highest BCUT2D eigenvalue weighted by molar-refractivity contribution is 9.10. The molecule has 2 atom stereocenters. The van der Waals surface area contributed by atoms with Crippen molar-refractivity contribution in [2.75, 3.05) is 5.32 Å². The first-order valence-corrected chi connectivity index (χ1v) is 6.45. The number of nitro benzene ring substituents is 1. The van der Waals surface area contributed by atoms with Gasteiger partial charge in [-0.2, -0.15) is 0 Å². The first-order chi connectivity index (χ1) is 7.95. The number of anilines is 1. The molecule has 94 valence electrons. The number of hydrogen-bond donors (Lipinski definition) is 1. The lowest BCUT2D eigenvalue weighted by Crippen LogP contribution is -2.23. The van der Waals surface area contributed by atoms with E-state index in [2.05, 4.69) is 35.1 Å². The Morgan fingerprint density at radius 3 is 2.65 bits per heavy atom. The highest BCUT2D eigenvalue weighted by Crippen LogP contribution is 2.29. The first kappa shape index (κ1) is 14.0. The highest BCUT2D eigenvalue weighted by Gasteiger charge is 2.17. The third-order valence-electron chi connectivity index (χ3n) is 3.04. The fourth-order valence-electron chi connectivity index (χ4n) is 1.52. The van der Waals surface area contributed by atoms with Crippen molar-refractivity contribution in [1.82, 2.24) is 0 Å². The lowest BCUT2D eigenvalue weighted by molar-refractivity contribution is -0.384. The Balaban J connectivity index is 2.96. The summed E-state index contributed by atoms with van der Waals surface area (Å²) in [4.78, 5) is 10.5. The molecule has 0 heterocycles. The molecule has 1 aromatic rings. The normalized spacial score (nSPS) is 14.1. The summed E-state index contributed by atoms with van der Waals surface area (Å²) >= 11 is 3.33. The molecule has 0 amide bonds. The van der Waals surface area contributed by atoms with Gasteiger partial charge in [0.25, 0.3) is 5.69 Å². The van der Waals surface area contributed by atoms with Gasteiger partial charge in [0.1, 0.15) is 5.69 Å². The Labute approximate surface area is 110 Å². The van der Waals surface area contributed by atoms with Crippen LogP contribution in [0.1, 0.15) is 27.2 Å². The van der Waals surface area contributed by atoms with E-state index in [1.165, 1.54) is 6.07 Å². The second-order valence-electron chi connectivity index (χ2n) is 4.24. The van der Waals surface area contributed by atoms with Gasteiger partial charge in [0, 0.05) is 16.6 Å². The van der Waals surface area contributed by atoms with E-state index in [0.717, 1.165) is 10.9 Å². The number of rotatable bonds is 5. The maximum Gasteiger partial charge on any atom is 0.292 e. The van der Waals surface area contributed by atoms with Gasteiger partial charge >= 0.3 is 0 Å². The Hall–Kier alpha value is -1.10. The molecule has 0 saturated carbocycles. The Bertz CT molecular complexity index is 409. The predicted molar refractivity (Wildman–Crippen MR) is 73.3 cm³/mol. The van der Waals surface area contributed by atoms with Crippen LogP contribution in [0.5, 0.6) is 0 Å². The number of nitrogens with zero attached hydrogens (tertiary/aromatic N) is 1. The summed E-state index contributed by atoms with van der Waals surface area (Å²) in [6, 6.07) is 5.14. The second-order valence-corrected chi connectivity index (χ2v) is 5.15. The van der Waals surface area contributed by atoms with Gasteiger partial charge in [0.05, 0.1) is 4.92 Å². The summed E-state index contributed by atoms with van der Waals surface area (Å²) in [6.07, 6.45) is 1.04. The molecule has 0 aliphatic heterocycles. The van der Waals surface area contributed by atoms with Crippen molar-refractivity contribution < 1.29 is 4.92 Å². The maximum atomic E-state index is 10.9. The molecule has 0 aliphatic rings. The molecule has 4 nitrogen and oxygen atoms in total. The van der Waals surface area contributed by atoms with E-state index < -0.39 is 0 Å². The highest BCUT2D eigenvalue weighted by atomic mass is 79.9. The van der Waals surface area contributed by atoms with E-state index in [0.29, 0.717) is 11.6 Å². The van der Waals surface area contributed by atoms with Gasteiger partial charge < -0.3 is 5.32 Å².